The Labute approximate surface area is 83.6 Å². The normalized spacial score (nSPS) is 10.4. The Kier molecular flexibility index (Phi) is 4.18. The van der Waals surface area contributed by atoms with Gasteiger partial charge in [-0.15, -0.1) is 11.3 Å². The molecule has 0 aromatic carbocycles. The first kappa shape index (κ1) is 10.5. The molecule has 0 saturated carbocycles. The highest BCUT2D eigenvalue weighted by Gasteiger charge is 2.07. The molecule has 0 aliphatic carbocycles. The molecule has 4 heteroatoms. The zero-order valence-corrected chi connectivity index (χ0v) is 9.10. The minimum absolute atomic E-state index is 0.542. The summed E-state index contributed by atoms with van der Waals surface area (Å²) in [5.41, 5.74) is 6.50. The van der Waals surface area contributed by atoms with E-state index < -0.39 is 0 Å². The van der Waals surface area contributed by atoms with Gasteiger partial charge in [0, 0.05) is 25.0 Å². The van der Waals surface area contributed by atoms with Crippen LogP contribution in [0.2, 0.25) is 0 Å². The molecule has 0 fully saturated rings. The third kappa shape index (κ3) is 2.67. The van der Waals surface area contributed by atoms with Gasteiger partial charge in [0.1, 0.15) is 0 Å². The second-order valence-corrected chi connectivity index (χ2v) is 3.74. The van der Waals surface area contributed by atoms with E-state index in [4.69, 9.17) is 5.73 Å². The molecule has 0 spiro atoms. The highest BCUT2D eigenvalue weighted by molar-refractivity contribution is 7.13. The van der Waals surface area contributed by atoms with Crippen LogP contribution in [0.25, 0.3) is 0 Å². The summed E-state index contributed by atoms with van der Waals surface area (Å²) in [5, 5.41) is 3.14. The molecule has 74 valence electrons. The maximum Gasteiger partial charge on any atom is 0.185 e. The Morgan fingerprint density at radius 3 is 2.77 bits per heavy atom. The lowest BCUT2D eigenvalue weighted by Gasteiger charge is -2.18. The van der Waals surface area contributed by atoms with Gasteiger partial charge in [0.05, 0.1) is 5.69 Å². The van der Waals surface area contributed by atoms with Crippen LogP contribution in [0.3, 0.4) is 0 Å². The molecule has 1 rings (SSSR count). The lowest BCUT2D eigenvalue weighted by atomic mass is 10.4. The number of thiazole rings is 1. The Balaban J connectivity index is 2.67. The third-order valence-corrected chi connectivity index (χ3v) is 2.84. The van der Waals surface area contributed by atoms with E-state index in [1.54, 1.807) is 11.3 Å². The quantitative estimate of drug-likeness (QED) is 0.786. The summed E-state index contributed by atoms with van der Waals surface area (Å²) in [4.78, 5) is 6.72. The first-order valence-electron chi connectivity index (χ1n) is 4.71. The van der Waals surface area contributed by atoms with Crippen molar-refractivity contribution in [2.45, 2.75) is 26.8 Å². The molecule has 13 heavy (non-hydrogen) atoms. The van der Waals surface area contributed by atoms with Gasteiger partial charge in [-0.05, 0) is 13.3 Å². The molecule has 1 aromatic heterocycles. The number of rotatable bonds is 5. The molecular formula is C9H17N3S. The van der Waals surface area contributed by atoms with E-state index in [1.165, 1.54) is 0 Å². The summed E-state index contributed by atoms with van der Waals surface area (Å²) >= 11 is 1.68. The van der Waals surface area contributed by atoms with Crippen LogP contribution in [-0.2, 0) is 6.54 Å². The fourth-order valence-electron chi connectivity index (χ4n) is 1.19. The minimum atomic E-state index is 0.542. The fourth-order valence-corrected chi connectivity index (χ4v) is 2.12. The number of anilines is 1. The molecule has 0 aliphatic heterocycles. The average molecular weight is 199 g/mol. The van der Waals surface area contributed by atoms with Crippen molar-refractivity contribution in [3.63, 3.8) is 0 Å². The van der Waals surface area contributed by atoms with Crippen LogP contribution < -0.4 is 10.6 Å². The van der Waals surface area contributed by atoms with Gasteiger partial charge in [0.2, 0.25) is 0 Å². The van der Waals surface area contributed by atoms with E-state index in [-0.39, 0.29) is 0 Å². The number of aromatic nitrogens is 1. The standard InChI is InChI=1S/C9H17N3S/c1-3-5-12(4-2)9-11-8(6-10)7-13-9/h7H,3-6,10H2,1-2H3. The predicted molar refractivity (Wildman–Crippen MR) is 58.2 cm³/mol. The summed E-state index contributed by atoms with van der Waals surface area (Å²) in [7, 11) is 0. The number of nitrogens with two attached hydrogens (primary N) is 1. The van der Waals surface area contributed by atoms with Crippen LogP contribution in [0.15, 0.2) is 5.38 Å². The summed E-state index contributed by atoms with van der Waals surface area (Å²) in [5.74, 6) is 0. The van der Waals surface area contributed by atoms with Gasteiger partial charge in [0.25, 0.3) is 0 Å². The first-order valence-corrected chi connectivity index (χ1v) is 5.59. The maximum absolute atomic E-state index is 5.50. The van der Waals surface area contributed by atoms with E-state index in [0.717, 1.165) is 30.3 Å². The summed E-state index contributed by atoms with van der Waals surface area (Å²) < 4.78 is 0. The van der Waals surface area contributed by atoms with E-state index >= 15 is 0 Å². The molecule has 0 unspecified atom stereocenters. The Morgan fingerprint density at radius 1 is 1.54 bits per heavy atom. The van der Waals surface area contributed by atoms with Crippen LogP contribution in [0.4, 0.5) is 5.13 Å². The Hall–Kier alpha value is -0.610. The molecule has 0 saturated heterocycles. The van der Waals surface area contributed by atoms with Crippen LogP contribution in [0.1, 0.15) is 26.0 Å². The zero-order valence-electron chi connectivity index (χ0n) is 8.29. The van der Waals surface area contributed by atoms with Crippen molar-refractivity contribution in [1.82, 2.24) is 4.98 Å². The molecular weight excluding hydrogens is 182 g/mol. The van der Waals surface area contributed by atoms with Crippen molar-refractivity contribution in [3.05, 3.63) is 11.1 Å². The fraction of sp³-hybridized carbons (Fsp3) is 0.667. The Morgan fingerprint density at radius 2 is 2.31 bits per heavy atom. The first-order chi connectivity index (χ1) is 6.31. The van der Waals surface area contributed by atoms with Crippen LogP contribution in [-0.4, -0.2) is 18.1 Å². The van der Waals surface area contributed by atoms with Crippen molar-refractivity contribution in [2.75, 3.05) is 18.0 Å². The van der Waals surface area contributed by atoms with Gasteiger partial charge >= 0.3 is 0 Å². The van der Waals surface area contributed by atoms with Gasteiger partial charge < -0.3 is 10.6 Å². The molecule has 0 atom stereocenters. The van der Waals surface area contributed by atoms with Gasteiger partial charge in [-0.2, -0.15) is 0 Å². The molecule has 0 aliphatic rings. The Bertz CT molecular complexity index is 247. The molecule has 1 aromatic rings. The second kappa shape index (κ2) is 5.19. The van der Waals surface area contributed by atoms with Gasteiger partial charge in [0.15, 0.2) is 5.13 Å². The molecule has 3 nitrogen and oxygen atoms in total. The van der Waals surface area contributed by atoms with Crippen molar-refractivity contribution in [1.29, 1.82) is 0 Å². The van der Waals surface area contributed by atoms with E-state index in [2.05, 4.69) is 23.7 Å². The number of nitrogens with zero attached hydrogens (tertiary/aromatic N) is 2. The van der Waals surface area contributed by atoms with Crippen molar-refractivity contribution < 1.29 is 0 Å². The molecule has 0 amide bonds. The van der Waals surface area contributed by atoms with Crippen molar-refractivity contribution in [3.8, 4) is 0 Å². The predicted octanol–water partition coefficient (Wildman–Crippen LogP) is 1.84. The molecule has 0 bridgehead atoms. The van der Waals surface area contributed by atoms with Crippen molar-refractivity contribution in [2.24, 2.45) is 5.73 Å². The van der Waals surface area contributed by atoms with E-state index in [9.17, 15) is 0 Å². The van der Waals surface area contributed by atoms with E-state index in [0.29, 0.717) is 6.54 Å². The average Bonchev–Trinajstić information content (AvgIpc) is 2.62. The zero-order chi connectivity index (χ0) is 9.68. The van der Waals surface area contributed by atoms with Crippen molar-refractivity contribution >= 4 is 16.5 Å². The van der Waals surface area contributed by atoms with Crippen LogP contribution in [0.5, 0.6) is 0 Å². The SMILES string of the molecule is CCCN(CC)c1nc(CN)cs1. The maximum atomic E-state index is 5.50. The second-order valence-electron chi connectivity index (χ2n) is 2.91. The third-order valence-electron chi connectivity index (χ3n) is 1.89. The van der Waals surface area contributed by atoms with Crippen LogP contribution >= 0.6 is 11.3 Å². The lowest BCUT2D eigenvalue weighted by Crippen LogP contribution is -2.23. The van der Waals surface area contributed by atoms with Gasteiger partial charge in [-0.25, -0.2) is 4.98 Å². The van der Waals surface area contributed by atoms with E-state index in [1.807, 2.05) is 5.38 Å². The monoisotopic (exact) mass is 199 g/mol. The highest BCUT2D eigenvalue weighted by Crippen LogP contribution is 2.20. The molecule has 2 N–H and O–H groups in total. The molecule has 1 heterocycles. The lowest BCUT2D eigenvalue weighted by molar-refractivity contribution is 0.784. The largest absolute Gasteiger partial charge is 0.348 e. The van der Waals surface area contributed by atoms with Crippen LogP contribution in [0, 0.1) is 0 Å². The number of hydrogen-bond acceptors (Lipinski definition) is 4. The smallest absolute Gasteiger partial charge is 0.185 e. The summed E-state index contributed by atoms with van der Waals surface area (Å²) in [6.45, 7) is 6.97. The molecule has 0 radical (unpaired) electrons. The topological polar surface area (TPSA) is 42.2 Å². The van der Waals surface area contributed by atoms with Gasteiger partial charge in [-0.1, -0.05) is 6.92 Å². The summed E-state index contributed by atoms with van der Waals surface area (Å²) in [6.07, 6.45) is 1.16. The highest BCUT2D eigenvalue weighted by atomic mass is 32.1. The van der Waals surface area contributed by atoms with Gasteiger partial charge in [-0.3, -0.25) is 0 Å². The minimum Gasteiger partial charge on any atom is -0.348 e. The summed E-state index contributed by atoms with van der Waals surface area (Å²) in [6, 6.07) is 0. The number of hydrogen-bond donors (Lipinski definition) is 1.